The van der Waals surface area contributed by atoms with Crippen LogP contribution in [0.2, 0.25) is 0 Å². The van der Waals surface area contributed by atoms with Crippen LogP contribution in [-0.4, -0.2) is 21.7 Å². The lowest BCUT2D eigenvalue weighted by atomic mass is 10.2. The van der Waals surface area contributed by atoms with Gasteiger partial charge in [0.1, 0.15) is 17.3 Å². The topological polar surface area (TPSA) is 64.6 Å². The lowest BCUT2D eigenvalue weighted by molar-refractivity contribution is -0.142. The van der Waals surface area contributed by atoms with Crippen molar-refractivity contribution in [1.82, 2.24) is 14.6 Å². The van der Waals surface area contributed by atoms with Crippen molar-refractivity contribution < 1.29 is 22.3 Å². The Hall–Kier alpha value is -3.49. The molecule has 144 valence electrons. The van der Waals surface area contributed by atoms with Crippen molar-refractivity contribution in [3.8, 4) is 17.2 Å². The van der Waals surface area contributed by atoms with Gasteiger partial charge in [-0.15, -0.1) is 0 Å². The molecule has 0 saturated carbocycles. The normalized spacial score (nSPS) is 11.7. The number of rotatable bonds is 5. The Morgan fingerprint density at radius 1 is 1.14 bits per heavy atom. The Morgan fingerprint density at radius 2 is 1.93 bits per heavy atom. The third-order valence-electron chi connectivity index (χ3n) is 4.12. The Kier molecular flexibility index (Phi) is 4.42. The van der Waals surface area contributed by atoms with Crippen LogP contribution in [0.4, 0.5) is 19.0 Å². The molecule has 6 nitrogen and oxygen atoms in total. The summed E-state index contributed by atoms with van der Waals surface area (Å²) in [7, 11) is 1.56. The predicted octanol–water partition coefficient (Wildman–Crippen LogP) is 4.63. The quantitative estimate of drug-likeness (QED) is 0.540. The zero-order chi connectivity index (χ0) is 19.7. The summed E-state index contributed by atoms with van der Waals surface area (Å²) in [6.45, 7) is 0.309. The van der Waals surface area contributed by atoms with Crippen LogP contribution in [0.3, 0.4) is 0 Å². The van der Waals surface area contributed by atoms with E-state index in [1.54, 1.807) is 31.4 Å². The Balaban J connectivity index is 1.68. The van der Waals surface area contributed by atoms with Crippen molar-refractivity contribution in [1.29, 1.82) is 0 Å². The number of nitrogens with one attached hydrogen (secondary N) is 1. The molecule has 3 aromatic heterocycles. The molecule has 0 bridgehead atoms. The van der Waals surface area contributed by atoms with E-state index >= 15 is 0 Å². The van der Waals surface area contributed by atoms with Gasteiger partial charge < -0.3 is 14.5 Å². The number of halogens is 3. The molecule has 0 unspecified atom stereocenters. The highest BCUT2D eigenvalue weighted by molar-refractivity contribution is 5.61. The number of benzene rings is 1. The van der Waals surface area contributed by atoms with E-state index < -0.39 is 11.9 Å². The zero-order valence-corrected chi connectivity index (χ0v) is 14.7. The van der Waals surface area contributed by atoms with Crippen molar-refractivity contribution in [3.63, 3.8) is 0 Å². The molecule has 0 saturated heterocycles. The summed E-state index contributed by atoms with van der Waals surface area (Å²) < 4.78 is 51.7. The number of hydrogen-bond donors (Lipinski definition) is 1. The van der Waals surface area contributed by atoms with E-state index in [0.717, 1.165) is 16.1 Å². The van der Waals surface area contributed by atoms with Gasteiger partial charge in [0, 0.05) is 18.7 Å². The zero-order valence-electron chi connectivity index (χ0n) is 14.7. The first-order chi connectivity index (χ1) is 13.4. The second kappa shape index (κ2) is 6.91. The van der Waals surface area contributed by atoms with Crippen LogP contribution in [0.1, 0.15) is 11.3 Å². The van der Waals surface area contributed by atoms with Gasteiger partial charge in [-0.2, -0.15) is 18.3 Å². The van der Waals surface area contributed by atoms with Crippen molar-refractivity contribution >= 4 is 11.5 Å². The van der Waals surface area contributed by atoms with E-state index in [1.165, 1.54) is 12.3 Å². The SMILES string of the molecule is COc1ccc(CNc2cc(C(F)(F)F)n3nc(-c4ccco4)cc3n2)cc1. The molecule has 0 aliphatic carbocycles. The highest BCUT2D eigenvalue weighted by Gasteiger charge is 2.35. The maximum atomic E-state index is 13.5. The number of fused-ring (bicyclic) bond motifs is 1. The van der Waals surface area contributed by atoms with E-state index in [-0.39, 0.29) is 17.2 Å². The molecule has 4 aromatic rings. The third kappa shape index (κ3) is 3.51. The first kappa shape index (κ1) is 17.9. The van der Waals surface area contributed by atoms with Crippen LogP contribution in [0, 0.1) is 0 Å². The maximum Gasteiger partial charge on any atom is 0.433 e. The Bertz CT molecular complexity index is 1090. The number of furan rings is 1. The van der Waals surface area contributed by atoms with Crippen LogP contribution < -0.4 is 10.1 Å². The fourth-order valence-corrected chi connectivity index (χ4v) is 2.75. The fraction of sp³-hybridized carbons (Fsp3) is 0.158. The minimum Gasteiger partial charge on any atom is -0.497 e. The fourth-order valence-electron chi connectivity index (χ4n) is 2.75. The number of nitrogens with zero attached hydrogens (tertiary/aromatic N) is 3. The minimum absolute atomic E-state index is 0.0680. The Labute approximate surface area is 157 Å². The van der Waals surface area contributed by atoms with E-state index in [9.17, 15) is 13.2 Å². The highest BCUT2D eigenvalue weighted by atomic mass is 19.4. The molecule has 1 aromatic carbocycles. The number of hydrogen-bond acceptors (Lipinski definition) is 5. The lowest BCUT2D eigenvalue weighted by Crippen LogP contribution is -2.14. The molecular formula is C19H15F3N4O2. The maximum absolute atomic E-state index is 13.5. The van der Waals surface area contributed by atoms with E-state index in [0.29, 0.717) is 18.1 Å². The summed E-state index contributed by atoms with van der Waals surface area (Å²) in [5.41, 5.74) is 0.294. The van der Waals surface area contributed by atoms with Gasteiger partial charge in [0.2, 0.25) is 0 Å². The average molecular weight is 388 g/mol. The number of methoxy groups -OCH3 is 1. The van der Waals surface area contributed by atoms with Crippen molar-refractivity contribution in [2.45, 2.75) is 12.7 Å². The van der Waals surface area contributed by atoms with Crippen LogP contribution in [-0.2, 0) is 12.7 Å². The second-order valence-electron chi connectivity index (χ2n) is 6.00. The molecule has 0 spiro atoms. The largest absolute Gasteiger partial charge is 0.497 e. The van der Waals surface area contributed by atoms with Gasteiger partial charge in [-0.25, -0.2) is 9.50 Å². The van der Waals surface area contributed by atoms with Crippen LogP contribution in [0.5, 0.6) is 5.75 Å². The average Bonchev–Trinajstić information content (AvgIpc) is 3.34. The Morgan fingerprint density at radius 3 is 2.57 bits per heavy atom. The van der Waals surface area contributed by atoms with Crippen LogP contribution in [0.15, 0.2) is 59.2 Å². The standard InChI is InChI=1S/C19H15F3N4O2/c1-27-13-6-4-12(5-7-13)11-23-17-10-16(19(20,21)22)26-18(24-17)9-14(25-26)15-3-2-8-28-15/h2-10H,11H2,1H3,(H,23,24). The summed E-state index contributed by atoms with van der Waals surface area (Å²) in [6.07, 6.45) is -3.16. The number of anilines is 1. The number of alkyl halides is 3. The molecule has 0 aliphatic heterocycles. The first-order valence-corrected chi connectivity index (χ1v) is 8.33. The molecule has 0 radical (unpaired) electrons. The molecule has 4 rings (SSSR count). The lowest BCUT2D eigenvalue weighted by Gasteiger charge is -2.12. The van der Waals surface area contributed by atoms with E-state index in [2.05, 4.69) is 15.4 Å². The summed E-state index contributed by atoms with van der Waals surface area (Å²) in [6, 6.07) is 12.9. The molecule has 0 fully saturated rings. The van der Waals surface area contributed by atoms with Crippen molar-refractivity contribution in [3.05, 3.63) is 66.1 Å². The predicted molar refractivity (Wildman–Crippen MR) is 96.0 cm³/mol. The van der Waals surface area contributed by atoms with Crippen LogP contribution >= 0.6 is 0 Å². The van der Waals surface area contributed by atoms with Crippen LogP contribution in [0.25, 0.3) is 17.1 Å². The molecule has 3 heterocycles. The third-order valence-corrected chi connectivity index (χ3v) is 4.12. The smallest absolute Gasteiger partial charge is 0.433 e. The van der Waals surface area contributed by atoms with Gasteiger partial charge in [-0.1, -0.05) is 12.1 Å². The number of ether oxygens (including phenoxy) is 1. The second-order valence-corrected chi connectivity index (χ2v) is 6.00. The van der Waals surface area contributed by atoms with Gasteiger partial charge >= 0.3 is 6.18 Å². The minimum atomic E-state index is -4.59. The molecule has 0 atom stereocenters. The monoisotopic (exact) mass is 388 g/mol. The molecule has 1 N–H and O–H groups in total. The van der Waals surface area contributed by atoms with E-state index in [1.807, 2.05) is 12.1 Å². The van der Waals surface area contributed by atoms with Gasteiger partial charge in [0.05, 0.1) is 13.4 Å². The summed E-state index contributed by atoms with van der Waals surface area (Å²) in [4.78, 5) is 4.25. The molecule has 0 aliphatic rings. The molecular weight excluding hydrogens is 373 g/mol. The van der Waals surface area contributed by atoms with Gasteiger partial charge in [-0.05, 0) is 29.8 Å². The van der Waals surface area contributed by atoms with Gasteiger partial charge in [0.15, 0.2) is 17.1 Å². The molecule has 0 amide bonds. The van der Waals surface area contributed by atoms with Gasteiger partial charge in [-0.3, -0.25) is 0 Å². The molecule has 28 heavy (non-hydrogen) atoms. The highest BCUT2D eigenvalue weighted by Crippen LogP contribution is 2.32. The first-order valence-electron chi connectivity index (χ1n) is 8.33. The van der Waals surface area contributed by atoms with Crippen molar-refractivity contribution in [2.75, 3.05) is 12.4 Å². The number of aromatic nitrogens is 3. The van der Waals surface area contributed by atoms with Gasteiger partial charge in [0.25, 0.3) is 0 Å². The summed E-state index contributed by atoms with van der Waals surface area (Å²) >= 11 is 0. The molecule has 9 heteroatoms. The summed E-state index contributed by atoms with van der Waals surface area (Å²) in [5.74, 6) is 1.17. The summed E-state index contributed by atoms with van der Waals surface area (Å²) in [5, 5.41) is 6.93. The van der Waals surface area contributed by atoms with Crippen molar-refractivity contribution in [2.24, 2.45) is 0 Å². The van der Waals surface area contributed by atoms with E-state index in [4.69, 9.17) is 9.15 Å².